The molecule has 0 bridgehead atoms. The third kappa shape index (κ3) is 6.02. The van der Waals surface area contributed by atoms with Crippen LogP contribution in [0.2, 0.25) is 20.1 Å². The van der Waals surface area contributed by atoms with Crippen molar-refractivity contribution in [2.45, 2.75) is 19.0 Å². The minimum absolute atomic E-state index is 0.137. The molecule has 1 aliphatic rings. The highest BCUT2D eigenvalue weighted by Crippen LogP contribution is 2.37. The molecule has 36 heavy (non-hydrogen) atoms. The fourth-order valence-electron chi connectivity index (χ4n) is 4.90. The molecule has 0 aromatic heterocycles. The molecule has 0 amide bonds. The molecular formula is C30H26Cl4N2. The molecule has 1 fully saturated rings. The van der Waals surface area contributed by atoms with Crippen molar-refractivity contribution in [3.63, 3.8) is 0 Å². The first-order valence-electron chi connectivity index (χ1n) is 12.0. The van der Waals surface area contributed by atoms with Gasteiger partial charge in [-0.25, -0.2) is 0 Å². The first-order valence-corrected chi connectivity index (χ1v) is 13.5. The van der Waals surface area contributed by atoms with Crippen LogP contribution in [-0.2, 0) is 13.0 Å². The maximum Gasteiger partial charge on any atom is 0.0670 e. The van der Waals surface area contributed by atoms with E-state index in [1.807, 2.05) is 42.5 Å². The number of hydrogen-bond acceptors (Lipinski definition) is 2. The molecule has 0 saturated carbocycles. The lowest BCUT2D eigenvalue weighted by molar-refractivity contribution is 0.215. The minimum atomic E-state index is 0.137. The summed E-state index contributed by atoms with van der Waals surface area (Å²) >= 11 is 25.1. The summed E-state index contributed by atoms with van der Waals surface area (Å²) in [6.45, 7) is 3.54. The Bertz CT molecular complexity index is 1320. The summed E-state index contributed by atoms with van der Waals surface area (Å²) in [5, 5.41) is 2.81. The molecule has 0 spiro atoms. The van der Waals surface area contributed by atoms with Crippen molar-refractivity contribution < 1.29 is 0 Å². The SMILES string of the molecule is Clc1ccc(Cc2ccccc2CN2CCN(c3ccc(Cl)cc3Cl)C(c3ccc(Cl)cc3)C2)cc1. The predicted molar refractivity (Wildman–Crippen MR) is 154 cm³/mol. The van der Waals surface area contributed by atoms with E-state index in [0.29, 0.717) is 10.0 Å². The highest BCUT2D eigenvalue weighted by atomic mass is 35.5. The summed E-state index contributed by atoms with van der Waals surface area (Å²) in [5.74, 6) is 0. The van der Waals surface area contributed by atoms with Crippen LogP contribution >= 0.6 is 46.4 Å². The monoisotopic (exact) mass is 554 g/mol. The van der Waals surface area contributed by atoms with Crippen LogP contribution in [0.3, 0.4) is 0 Å². The molecule has 1 saturated heterocycles. The lowest BCUT2D eigenvalue weighted by Crippen LogP contribution is -2.48. The normalized spacial score (nSPS) is 16.3. The summed E-state index contributed by atoms with van der Waals surface area (Å²) in [5.41, 5.74) is 6.16. The van der Waals surface area contributed by atoms with E-state index in [4.69, 9.17) is 46.4 Å². The van der Waals surface area contributed by atoms with Crippen molar-refractivity contribution in [1.82, 2.24) is 4.90 Å². The summed E-state index contributed by atoms with van der Waals surface area (Å²) in [7, 11) is 0. The van der Waals surface area contributed by atoms with Gasteiger partial charge >= 0.3 is 0 Å². The van der Waals surface area contributed by atoms with E-state index < -0.39 is 0 Å². The van der Waals surface area contributed by atoms with E-state index in [1.54, 1.807) is 0 Å². The van der Waals surface area contributed by atoms with Crippen LogP contribution in [0.5, 0.6) is 0 Å². The van der Waals surface area contributed by atoms with Crippen LogP contribution in [0.15, 0.2) is 91.0 Å². The molecule has 0 aliphatic carbocycles. The minimum Gasteiger partial charge on any atom is -0.361 e. The van der Waals surface area contributed by atoms with Crippen LogP contribution in [0.1, 0.15) is 28.3 Å². The van der Waals surface area contributed by atoms with Gasteiger partial charge < -0.3 is 4.90 Å². The Morgan fingerprint density at radius 3 is 2.00 bits per heavy atom. The molecule has 1 unspecified atom stereocenters. The molecule has 1 heterocycles. The predicted octanol–water partition coefficient (Wildman–Crippen LogP) is 8.95. The highest BCUT2D eigenvalue weighted by Gasteiger charge is 2.30. The van der Waals surface area contributed by atoms with E-state index in [-0.39, 0.29) is 6.04 Å². The number of anilines is 1. The molecule has 4 aromatic carbocycles. The van der Waals surface area contributed by atoms with E-state index in [9.17, 15) is 0 Å². The van der Waals surface area contributed by atoms with Crippen molar-refractivity contribution in [2.24, 2.45) is 0 Å². The van der Waals surface area contributed by atoms with Crippen molar-refractivity contribution in [2.75, 3.05) is 24.5 Å². The zero-order chi connectivity index (χ0) is 25.1. The van der Waals surface area contributed by atoms with Gasteiger partial charge in [0.05, 0.1) is 16.8 Å². The van der Waals surface area contributed by atoms with Gasteiger partial charge in [0.2, 0.25) is 0 Å². The first-order chi connectivity index (χ1) is 17.5. The Morgan fingerprint density at radius 2 is 1.31 bits per heavy atom. The van der Waals surface area contributed by atoms with Gasteiger partial charge in [0.25, 0.3) is 0 Å². The van der Waals surface area contributed by atoms with Crippen molar-refractivity contribution in [3.8, 4) is 0 Å². The molecule has 4 aromatic rings. The van der Waals surface area contributed by atoms with Gasteiger partial charge in [-0.1, -0.05) is 94.9 Å². The third-order valence-corrected chi connectivity index (χ3v) is 7.80. The number of hydrogen-bond donors (Lipinski definition) is 0. The van der Waals surface area contributed by atoms with E-state index in [0.717, 1.165) is 48.3 Å². The number of benzene rings is 4. The van der Waals surface area contributed by atoms with Crippen LogP contribution in [-0.4, -0.2) is 24.5 Å². The lowest BCUT2D eigenvalue weighted by Gasteiger charge is -2.43. The Morgan fingerprint density at radius 1 is 0.667 bits per heavy atom. The van der Waals surface area contributed by atoms with Gasteiger partial charge in [-0.2, -0.15) is 0 Å². The summed E-state index contributed by atoms with van der Waals surface area (Å²) in [6.07, 6.45) is 0.883. The van der Waals surface area contributed by atoms with Gasteiger partial charge in [-0.05, 0) is 71.1 Å². The number of halogens is 4. The molecule has 0 N–H and O–H groups in total. The summed E-state index contributed by atoms with van der Waals surface area (Å²) in [4.78, 5) is 4.91. The zero-order valence-electron chi connectivity index (χ0n) is 19.7. The molecular weight excluding hydrogens is 530 g/mol. The quantitative estimate of drug-likeness (QED) is 0.234. The molecule has 5 rings (SSSR count). The molecule has 1 atom stereocenters. The van der Waals surface area contributed by atoms with Crippen LogP contribution in [0.4, 0.5) is 5.69 Å². The Labute approximate surface area is 233 Å². The van der Waals surface area contributed by atoms with Crippen molar-refractivity contribution in [3.05, 3.63) is 133 Å². The summed E-state index contributed by atoms with van der Waals surface area (Å²) in [6, 6.07) is 30.8. The van der Waals surface area contributed by atoms with Gasteiger partial charge in [0.1, 0.15) is 0 Å². The largest absolute Gasteiger partial charge is 0.361 e. The van der Waals surface area contributed by atoms with Gasteiger partial charge in [0, 0.05) is 41.2 Å². The smallest absolute Gasteiger partial charge is 0.0670 e. The Balaban J connectivity index is 1.40. The molecule has 0 radical (unpaired) electrons. The van der Waals surface area contributed by atoms with Crippen molar-refractivity contribution in [1.29, 1.82) is 0 Å². The number of nitrogens with zero attached hydrogens (tertiary/aromatic N) is 2. The fourth-order valence-corrected chi connectivity index (χ4v) is 5.67. The second-order valence-corrected chi connectivity index (χ2v) is 10.9. The van der Waals surface area contributed by atoms with Gasteiger partial charge in [0.15, 0.2) is 0 Å². The molecule has 2 nitrogen and oxygen atoms in total. The van der Waals surface area contributed by atoms with Gasteiger partial charge in [-0.3, -0.25) is 4.90 Å². The lowest BCUT2D eigenvalue weighted by atomic mass is 9.97. The number of rotatable bonds is 6. The molecule has 184 valence electrons. The second-order valence-electron chi connectivity index (χ2n) is 9.16. The van der Waals surface area contributed by atoms with Crippen molar-refractivity contribution >= 4 is 52.1 Å². The highest BCUT2D eigenvalue weighted by molar-refractivity contribution is 6.36. The topological polar surface area (TPSA) is 6.48 Å². The van der Waals surface area contributed by atoms with E-state index in [1.165, 1.54) is 22.3 Å². The van der Waals surface area contributed by atoms with E-state index in [2.05, 4.69) is 58.3 Å². The maximum absolute atomic E-state index is 6.65. The average Bonchev–Trinajstić information content (AvgIpc) is 2.87. The fraction of sp³-hybridized carbons (Fsp3) is 0.200. The van der Waals surface area contributed by atoms with Gasteiger partial charge in [-0.15, -0.1) is 0 Å². The first kappa shape index (κ1) is 25.4. The van der Waals surface area contributed by atoms with Crippen LogP contribution < -0.4 is 4.90 Å². The summed E-state index contributed by atoms with van der Waals surface area (Å²) < 4.78 is 0. The zero-order valence-corrected chi connectivity index (χ0v) is 22.7. The van der Waals surface area contributed by atoms with Crippen LogP contribution in [0.25, 0.3) is 0 Å². The standard InChI is InChI=1S/C30H26Cl4N2/c31-25-9-5-21(6-10-25)17-23-3-1-2-4-24(23)19-35-15-16-36(29-14-13-27(33)18-28(29)34)30(20-35)22-7-11-26(32)12-8-22/h1-14,18,30H,15-17,19-20H2. The molecule has 6 heteroatoms. The Hall–Kier alpha value is -2.20. The van der Waals surface area contributed by atoms with E-state index >= 15 is 0 Å². The second kappa shape index (κ2) is 11.5. The maximum atomic E-state index is 6.65. The Kier molecular flexibility index (Phi) is 8.10. The van der Waals surface area contributed by atoms with Crippen LogP contribution in [0, 0.1) is 0 Å². The third-order valence-electron chi connectivity index (χ3n) is 6.76. The average molecular weight is 556 g/mol. The molecule has 1 aliphatic heterocycles. The number of piperazine rings is 1.